The molecule has 0 aliphatic carbocycles. The number of hydrogen-bond acceptors (Lipinski definition) is 4. The van der Waals surface area contributed by atoms with Crippen LogP contribution >= 0.6 is 22.9 Å². The Kier molecular flexibility index (Phi) is 4.31. The van der Waals surface area contributed by atoms with Crippen LogP contribution in [0.15, 0.2) is 24.4 Å². The standard InChI is InChI=1S/C15H15ClFN3OS/c1-10-9-18-15(22-10)20-6-4-19(5-7-20)14(21)12-3-2-11(17)8-13(12)16/h2-3,8-9H,4-7H2,1H3. The molecule has 3 rings (SSSR count). The van der Waals surface area contributed by atoms with E-state index in [0.717, 1.165) is 18.2 Å². The highest BCUT2D eigenvalue weighted by Crippen LogP contribution is 2.24. The van der Waals surface area contributed by atoms with Gasteiger partial charge in [-0.25, -0.2) is 9.37 Å². The maximum Gasteiger partial charge on any atom is 0.255 e. The van der Waals surface area contributed by atoms with Crippen molar-refractivity contribution in [3.8, 4) is 0 Å². The van der Waals surface area contributed by atoms with Crippen LogP contribution in [0.5, 0.6) is 0 Å². The molecule has 0 atom stereocenters. The average molecular weight is 340 g/mol. The Labute approximate surface area is 137 Å². The van der Waals surface area contributed by atoms with Gasteiger partial charge in [0.25, 0.3) is 5.91 Å². The lowest BCUT2D eigenvalue weighted by atomic mass is 10.1. The zero-order valence-electron chi connectivity index (χ0n) is 12.1. The molecule has 7 heteroatoms. The van der Waals surface area contributed by atoms with Crippen molar-refractivity contribution in [3.63, 3.8) is 0 Å². The number of thiazole rings is 1. The van der Waals surface area contributed by atoms with Crippen molar-refractivity contribution in [1.29, 1.82) is 0 Å². The molecule has 2 heterocycles. The van der Waals surface area contributed by atoms with Gasteiger partial charge in [-0.2, -0.15) is 0 Å². The number of rotatable bonds is 2. The second kappa shape index (κ2) is 6.22. The van der Waals surface area contributed by atoms with Gasteiger partial charge < -0.3 is 9.80 Å². The maximum atomic E-state index is 13.1. The van der Waals surface area contributed by atoms with E-state index in [1.54, 1.807) is 16.2 Å². The van der Waals surface area contributed by atoms with E-state index in [2.05, 4.69) is 9.88 Å². The number of hydrogen-bond donors (Lipinski definition) is 0. The molecule has 1 aromatic heterocycles. The molecular weight excluding hydrogens is 325 g/mol. The summed E-state index contributed by atoms with van der Waals surface area (Å²) < 4.78 is 13.1. The zero-order valence-corrected chi connectivity index (χ0v) is 13.6. The maximum absolute atomic E-state index is 13.1. The summed E-state index contributed by atoms with van der Waals surface area (Å²) >= 11 is 7.62. The fourth-order valence-electron chi connectivity index (χ4n) is 2.42. The Morgan fingerprint density at radius 3 is 2.64 bits per heavy atom. The van der Waals surface area contributed by atoms with Crippen molar-refractivity contribution in [1.82, 2.24) is 9.88 Å². The van der Waals surface area contributed by atoms with Crippen LogP contribution in [-0.4, -0.2) is 42.0 Å². The molecule has 4 nitrogen and oxygen atoms in total. The molecule has 0 N–H and O–H groups in total. The smallest absolute Gasteiger partial charge is 0.255 e. The first-order chi connectivity index (χ1) is 10.5. The molecule has 0 bridgehead atoms. The van der Waals surface area contributed by atoms with Crippen LogP contribution in [0.2, 0.25) is 5.02 Å². The average Bonchev–Trinajstić information content (AvgIpc) is 2.93. The van der Waals surface area contributed by atoms with Crippen molar-refractivity contribution in [2.75, 3.05) is 31.1 Å². The predicted octanol–water partition coefficient (Wildman–Crippen LogP) is 3.21. The Morgan fingerprint density at radius 1 is 1.32 bits per heavy atom. The van der Waals surface area contributed by atoms with Crippen LogP contribution in [0.1, 0.15) is 15.2 Å². The predicted molar refractivity (Wildman–Crippen MR) is 86.4 cm³/mol. The number of carbonyl (C=O) groups excluding carboxylic acids is 1. The first-order valence-electron chi connectivity index (χ1n) is 6.96. The van der Waals surface area contributed by atoms with Crippen molar-refractivity contribution in [3.05, 3.63) is 45.7 Å². The summed E-state index contributed by atoms with van der Waals surface area (Å²) in [4.78, 5) is 21.9. The summed E-state index contributed by atoms with van der Waals surface area (Å²) in [6, 6.07) is 3.87. The lowest BCUT2D eigenvalue weighted by Crippen LogP contribution is -2.48. The van der Waals surface area contributed by atoms with E-state index in [0.29, 0.717) is 18.7 Å². The third-order valence-electron chi connectivity index (χ3n) is 3.61. The summed E-state index contributed by atoms with van der Waals surface area (Å²) in [5.74, 6) is -0.592. The largest absolute Gasteiger partial charge is 0.345 e. The molecule has 22 heavy (non-hydrogen) atoms. The molecule has 1 amide bonds. The van der Waals surface area contributed by atoms with Crippen LogP contribution in [0, 0.1) is 12.7 Å². The molecule has 116 valence electrons. The summed E-state index contributed by atoms with van der Waals surface area (Å²) in [6.45, 7) is 4.70. The minimum Gasteiger partial charge on any atom is -0.345 e. The van der Waals surface area contributed by atoms with Gasteiger partial charge in [0.05, 0.1) is 10.6 Å². The molecule has 2 aromatic rings. The van der Waals surface area contributed by atoms with Gasteiger partial charge >= 0.3 is 0 Å². The van der Waals surface area contributed by atoms with E-state index in [4.69, 9.17) is 11.6 Å². The summed E-state index contributed by atoms with van der Waals surface area (Å²) in [6.07, 6.45) is 1.86. The number of benzene rings is 1. The van der Waals surface area contributed by atoms with Crippen molar-refractivity contribution < 1.29 is 9.18 Å². The zero-order chi connectivity index (χ0) is 15.7. The Bertz CT molecular complexity index is 698. The van der Waals surface area contributed by atoms with Crippen LogP contribution in [-0.2, 0) is 0 Å². The number of amides is 1. The number of carbonyl (C=O) groups is 1. The minimum atomic E-state index is -0.439. The number of nitrogens with zero attached hydrogens (tertiary/aromatic N) is 3. The van der Waals surface area contributed by atoms with E-state index >= 15 is 0 Å². The quantitative estimate of drug-likeness (QED) is 0.843. The van der Waals surface area contributed by atoms with Crippen molar-refractivity contribution in [2.45, 2.75) is 6.92 Å². The summed E-state index contributed by atoms with van der Waals surface area (Å²) in [5.41, 5.74) is 0.349. The lowest BCUT2D eigenvalue weighted by molar-refractivity contribution is 0.0747. The van der Waals surface area contributed by atoms with Crippen LogP contribution in [0.25, 0.3) is 0 Å². The van der Waals surface area contributed by atoms with Gasteiger partial charge in [-0.3, -0.25) is 4.79 Å². The Morgan fingerprint density at radius 2 is 2.05 bits per heavy atom. The van der Waals surface area contributed by atoms with E-state index < -0.39 is 5.82 Å². The second-order valence-corrected chi connectivity index (χ2v) is 6.78. The number of anilines is 1. The van der Waals surface area contributed by atoms with Gasteiger partial charge in [0.15, 0.2) is 5.13 Å². The molecule has 0 unspecified atom stereocenters. The van der Waals surface area contributed by atoms with Gasteiger partial charge in [-0.1, -0.05) is 11.6 Å². The Balaban J connectivity index is 1.67. The summed E-state index contributed by atoms with van der Waals surface area (Å²) in [7, 11) is 0. The topological polar surface area (TPSA) is 36.4 Å². The van der Waals surface area contributed by atoms with Crippen LogP contribution in [0.4, 0.5) is 9.52 Å². The molecule has 1 fully saturated rings. The highest BCUT2D eigenvalue weighted by molar-refractivity contribution is 7.15. The normalized spacial score (nSPS) is 15.2. The highest BCUT2D eigenvalue weighted by Gasteiger charge is 2.24. The number of aromatic nitrogens is 1. The van der Waals surface area contributed by atoms with Gasteiger partial charge in [-0.05, 0) is 25.1 Å². The number of piperazine rings is 1. The summed E-state index contributed by atoms with van der Waals surface area (Å²) in [5, 5.41) is 1.15. The fourth-order valence-corrected chi connectivity index (χ4v) is 3.48. The molecule has 1 saturated heterocycles. The SMILES string of the molecule is Cc1cnc(N2CCN(C(=O)c3ccc(F)cc3Cl)CC2)s1. The van der Waals surface area contributed by atoms with Crippen molar-refractivity contribution >= 4 is 34.0 Å². The van der Waals surface area contributed by atoms with E-state index in [-0.39, 0.29) is 10.9 Å². The lowest BCUT2D eigenvalue weighted by Gasteiger charge is -2.34. The molecule has 0 spiro atoms. The Hall–Kier alpha value is -1.66. The first kappa shape index (κ1) is 15.2. The number of halogens is 2. The van der Waals surface area contributed by atoms with Gasteiger partial charge in [0.2, 0.25) is 0 Å². The number of aryl methyl sites for hydroxylation is 1. The second-order valence-electron chi connectivity index (χ2n) is 5.16. The van der Waals surface area contributed by atoms with E-state index in [1.165, 1.54) is 23.1 Å². The van der Waals surface area contributed by atoms with Gasteiger partial charge in [0, 0.05) is 37.3 Å². The van der Waals surface area contributed by atoms with Gasteiger partial charge in [-0.15, -0.1) is 11.3 Å². The van der Waals surface area contributed by atoms with Gasteiger partial charge in [0.1, 0.15) is 5.82 Å². The van der Waals surface area contributed by atoms with E-state index in [1.807, 2.05) is 13.1 Å². The molecule has 1 aromatic carbocycles. The van der Waals surface area contributed by atoms with Crippen LogP contribution in [0.3, 0.4) is 0 Å². The first-order valence-corrected chi connectivity index (χ1v) is 8.16. The minimum absolute atomic E-state index is 0.153. The van der Waals surface area contributed by atoms with Crippen LogP contribution < -0.4 is 4.90 Å². The highest BCUT2D eigenvalue weighted by atomic mass is 35.5. The molecule has 1 aliphatic heterocycles. The third-order valence-corrected chi connectivity index (χ3v) is 4.89. The molecule has 1 aliphatic rings. The fraction of sp³-hybridized carbons (Fsp3) is 0.333. The molecular formula is C15H15ClFN3OS. The molecule has 0 saturated carbocycles. The monoisotopic (exact) mass is 339 g/mol. The molecule has 0 radical (unpaired) electrons. The van der Waals surface area contributed by atoms with Crippen molar-refractivity contribution in [2.24, 2.45) is 0 Å². The third kappa shape index (κ3) is 3.08. The van der Waals surface area contributed by atoms with E-state index in [9.17, 15) is 9.18 Å².